The fraction of sp³-hybridized carbons (Fsp3) is 0.273. The normalized spacial score (nSPS) is 16.9. The Balaban J connectivity index is 1.30. The van der Waals surface area contributed by atoms with Crippen molar-refractivity contribution in [2.24, 2.45) is 0 Å². The van der Waals surface area contributed by atoms with Gasteiger partial charge in [0.25, 0.3) is 5.91 Å². The Kier molecular flexibility index (Phi) is 6.03. The third-order valence-electron chi connectivity index (χ3n) is 5.37. The molecular formula is C22H19F3N4O4. The molecule has 8 nitrogen and oxygen atoms in total. The molecule has 4 rings (SSSR count). The highest BCUT2D eigenvalue weighted by Gasteiger charge is 2.47. The summed E-state index contributed by atoms with van der Waals surface area (Å²) in [4.78, 5) is 50.9. The highest BCUT2D eigenvalue weighted by atomic mass is 19.2. The molecule has 0 saturated heterocycles. The Morgan fingerprint density at radius 3 is 2.33 bits per heavy atom. The van der Waals surface area contributed by atoms with Gasteiger partial charge in [0.1, 0.15) is 6.04 Å². The van der Waals surface area contributed by atoms with E-state index in [4.69, 9.17) is 0 Å². The average molecular weight is 460 g/mol. The summed E-state index contributed by atoms with van der Waals surface area (Å²) in [6, 6.07) is 7.43. The number of fused-ring (bicyclic) bond motifs is 1. The number of carbonyl (C=O) groups is 4. The molecule has 1 unspecified atom stereocenters. The molecule has 0 aromatic heterocycles. The van der Waals surface area contributed by atoms with Gasteiger partial charge in [0.15, 0.2) is 17.5 Å². The molecule has 1 aliphatic carbocycles. The van der Waals surface area contributed by atoms with Gasteiger partial charge in [-0.3, -0.25) is 19.2 Å². The van der Waals surface area contributed by atoms with E-state index in [9.17, 15) is 32.3 Å². The van der Waals surface area contributed by atoms with Crippen LogP contribution in [0.5, 0.6) is 0 Å². The fourth-order valence-corrected chi connectivity index (χ4v) is 3.66. The molecule has 2 aromatic carbocycles. The minimum atomic E-state index is -1.73. The van der Waals surface area contributed by atoms with Gasteiger partial charge in [0.2, 0.25) is 17.7 Å². The second-order valence-corrected chi connectivity index (χ2v) is 7.70. The highest BCUT2D eigenvalue weighted by Crippen LogP contribution is 2.41. The fourth-order valence-electron chi connectivity index (χ4n) is 3.66. The van der Waals surface area contributed by atoms with E-state index in [0.717, 1.165) is 18.9 Å². The van der Waals surface area contributed by atoms with E-state index in [0.29, 0.717) is 17.2 Å². The van der Waals surface area contributed by atoms with Crippen molar-refractivity contribution in [1.82, 2.24) is 15.5 Å². The number of anilines is 1. The first-order chi connectivity index (χ1) is 15.8. The van der Waals surface area contributed by atoms with Crippen molar-refractivity contribution in [2.75, 3.05) is 18.4 Å². The van der Waals surface area contributed by atoms with Crippen molar-refractivity contribution in [3.8, 4) is 0 Å². The minimum absolute atomic E-state index is 0.0186. The topological polar surface area (TPSA) is 108 Å². The number of benzene rings is 2. The molecule has 33 heavy (non-hydrogen) atoms. The second kappa shape index (κ2) is 8.93. The lowest BCUT2D eigenvalue weighted by atomic mass is 10.0. The van der Waals surface area contributed by atoms with E-state index in [1.165, 1.54) is 4.90 Å². The van der Waals surface area contributed by atoms with Gasteiger partial charge in [0.05, 0.1) is 18.8 Å². The van der Waals surface area contributed by atoms with Gasteiger partial charge in [0, 0.05) is 11.6 Å². The van der Waals surface area contributed by atoms with Crippen LogP contribution < -0.4 is 16.0 Å². The first kappa shape index (κ1) is 22.3. The molecule has 172 valence electrons. The lowest BCUT2D eigenvalue weighted by Crippen LogP contribution is -2.45. The molecule has 3 N–H and O–H groups in total. The van der Waals surface area contributed by atoms with Gasteiger partial charge in [-0.25, -0.2) is 13.2 Å². The number of carbonyl (C=O) groups excluding carboxylic acids is 4. The van der Waals surface area contributed by atoms with Crippen LogP contribution in [0.4, 0.5) is 18.9 Å². The van der Waals surface area contributed by atoms with Crippen LogP contribution in [0.3, 0.4) is 0 Å². The average Bonchev–Trinajstić information content (AvgIpc) is 3.60. The zero-order valence-corrected chi connectivity index (χ0v) is 17.2. The maximum Gasteiger partial charge on any atom is 0.255 e. The summed E-state index contributed by atoms with van der Waals surface area (Å²) in [6.07, 6.45) is 1.61. The number of halogens is 3. The number of rotatable bonds is 7. The SMILES string of the molecule is O=C(CNC(=O)C1c2ccccc2C(=O)N1C1CC1)NCC(=O)Nc1ccc(F)c(F)c1F. The highest BCUT2D eigenvalue weighted by molar-refractivity contribution is 6.05. The molecule has 1 fully saturated rings. The van der Waals surface area contributed by atoms with E-state index in [1.54, 1.807) is 24.3 Å². The Morgan fingerprint density at radius 1 is 0.909 bits per heavy atom. The molecule has 1 heterocycles. The summed E-state index contributed by atoms with van der Waals surface area (Å²) < 4.78 is 39.8. The van der Waals surface area contributed by atoms with Crippen LogP contribution in [0.25, 0.3) is 0 Å². The molecular weight excluding hydrogens is 441 g/mol. The van der Waals surface area contributed by atoms with Gasteiger partial charge in [-0.05, 0) is 36.6 Å². The molecule has 0 spiro atoms. The Bertz CT molecular complexity index is 1150. The van der Waals surface area contributed by atoms with Gasteiger partial charge >= 0.3 is 0 Å². The zero-order chi connectivity index (χ0) is 23.7. The summed E-state index contributed by atoms with van der Waals surface area (Å²) in [5.74, 6) is -7.03. The van der Waals surface area contributed by atoms with Crippen LogP contribution in [-0.2, 0) is 14.4 Å². The number of amides is 4. The number of hydrogen-bond donors (Lipinski definition) is 3. The molecule has 11 heteroatoms. The molecule has 0 bridgehead atoms. The summed E-state index contributed by atoms with van der Waals surface area (Å²) >= 11 is 0. The number of nitrogens with zero attached hydrogens (tertiary/aromatic N) is 1. The van der Waals surface area contributed by atoms with Gasteiger partial charge in [-0.2, -0.15) is 0 Å². The lowest BCUT2D eigenvalue weighted by molar-refractivity contribution is -0.129. The first-order valence-electron chi connectivity index (χ1n) is 10.2. The molecule has 1 saturated carbocycles. The van der Waals surface area contributed by atoms with Gasteiger partial charge in [-0.1, -0.05) is 18.2 Å². The second-order valence-electron chi connectivity index (χ2n) is 7.70. The molecule has 1 atom stereocenters. The van der Waals surface area contributed by atoms with Crippen LogP contribution in [0.1, 0.15) is 34.8 Å². The lowest BCUT2D eigenvalue weighted by Gasteiger charge is -2.24. The molecule has 2 aliphatic rings. The van der Waals surface area contributed by atoms with E-state index in [2.05, 4.69) is 10.6 Å². The third-order valence-corrected chi connectivity index (χ3v) is 5.37. The molecule has 2 aromatic rings. The Hall–Kier alpha value is -3.89. The van der Waals surface area contributed by atoms with Crippen LogP contribution in [-0.4, -0.2) is 47.7 Å². The third kappa shape index (κ3) is 4.52. The molecule has 0 radical (unpaired) electrons. The van der Waals surface area contributed by atoms with E-state index < -0.39 is 60.0 Å². The van der Waals surface area contributed by atoms with E-state index in [1.807, 2.05) is 5.32 Å². The standard InChI is InChI=1S/C22H19F3N4O4/c23-14-7-8-15(19(25)18(14)24)28-17(31)10-26-16(30)9-27-21(32)20-12-3-1-2-4-13(12)22(33)29(20)11-5-6-11/h1-4,7-8,11,20H,5-6,9-10H2,(H,26,30)(H,27,32)(H,28,31). The van der Waals surface area contributed by atoms with Crippen molar-refractivity contribution in [2.45, 2.75) is 24.9 Å². The maximum atomic E-state index is 13.6. The monoisotopic (exact) mass is 460 g/mol. The van der Waals surface area contributed by atoms with Crippen molar-refractivity contribution in [3.05, 3.63) is 65.0 Å². The Labute approximate surface area is 186 Å². The van der Waals surface area contributed by atoms with Gasteiger partial charge in [-0.15, -0.1) is 0 Å². The zero-order valence-electron chi connectivity index (χ0n) is 17.2. The van der Waals surface area contributed by atoms with Crippen LogP contribution in [0, 0.1) is 17.5 Å². The molecule has 1 aliphatic heterocycles. The van der Waals surface area contributed by atoms with Gasteiger partial charge < -0.3 is 20.9 Å². The predicted octanol–water partition coefficient (Wildman–Crippen LogP) is 1.63. The molecule has 4 amide bonds. The van der Waals surface area contributed by atoms with Crippen LogP contribution >= 0.6 is 0 Å². The van der Waals surface area contributed by atoms with Crippen LogP contribution in [0.15, 0.2) is 36.4 Å². The summed E-state index contributed by atoms with van der Waals surface area (Å²) in [5.41, 5.74) is 0.446. The smallest absolute Gasteiger partial charge is 0.255 e. The van der Waals surface area contributed by atoms with Crippen molar-refractivity contribution >= 4 is 29.3 Å². The van der Waals surface area contributed by atoms with Crippen LogP contribution in [0.2, 0.25) is 0 Å². The maximum absolute atomic E-state index is 13.6. The number of nitrogens with one attached hydrogen (secondary N) is 3. The Morgan fingerprint density at radius 2 is 1.61 bits per heavy atom. The predicted molar refractivity (Wildman–Crippen MR) is 109 cm³/mol. The quantitative estimate of drug-likeness (QED) is 0.546. The van der Waals surface area contributed by atoms with Crippen molar-refractivity contribution < 1.29 is 32.3 Å². The first-order valence-corrected chi connectivity index (χ1v) is 10.2. The summed E-state index contributed by atoms with van der Waals surface area (Å²) in [5, 5.41) is 6.72. The van der Waals surface area contributed by atoms with E-state index in [-0.39, 0.29) is 11.9 Å². The van der Waals surface area contributed by atoms with Crippen molar-refractivity contribution in [1.29, 1.82) is 0 Å². The summed E-state index contributed by atoms with van der Waals surface area (Å²) in [6.45, 7) is -1.05. The van der Waals surface area contributed by atoms with E-state index >= 15 is 0 Å². The van der Waals surface area contributed by atoms with Crippen molar-refractivity contribution in [3.63, 3.8) is 0 Å². The largest absolute Gasteiger partial charge is 0.345 e. The summed E-state index contributed by atoms with van der Waals surface area (Å²) in [7, 11) is 0. The number of hydrogen-bond acceptors (Lipinski definition) is 4. The minimum Gasteiger partial charge on any atom is -0.345 e.